The van der Waals surface area contributed by atoms with Gasteiger partial charge in [-0.1, -0.05) is 28.1 Å². The van der Waals surface area contributed by atoms with Crippen molar-refractivity contribution in [3.05, 3.63) is 33.8 Å². The predicted octanol–water partition coefficient (Wildman–Crippen LogP) is 2.56. The normalized spacial score (nSPS) is 19.9. The Balaban J connectivity index is 2.49. The fraction of sp³-hybridized carbons (Fsp3) is 0.300. The maximum absolute atomic E-state index is 10.9. The lowest BCUT2D eigenvalue weighted by Crippen LogP contribution is -2.07. The number of carboxylic acid groups (broad SMARTS) is 1. The number of hydrogen-bond acceptors (Lipinski definition) is 1. The van der Waals surface area contributed by atoms with Crippen LogP contribution in [0.5, 0.6) is 0 Å². The Morgan fingerprint density at radius 1 is 1.54 bits per heavy atom. The van der Waals surface area contributed by atoms with Gasteiger partial charge in [-0.25, -0.2) is 0 Å². The van der Waals surface area contributed by atoms with Gasteiger partial charge in [0.25, 0.3) is 0 Å². The smallest absolute Gasteiger partial charge is 0.310 e. The van der Waals surface area contributed by atoms with Gasteiger partial charge in [0.2, 0.25) is 0 Å². The third-order valence-electron chi connectivity index (χ3n) is 2.51. The quantitative estimate of drug-likeness (QED) is 0.820. The van der Waals surface area contributed by atoms with Gasteiger partial charge in [0.15, 0.2) is 0 Å². The topological polar surface area (TPSA) is 37.3 Å². The number of aliphatic carboxylic acids is 1. The van der Waals surface area contributed by atoms with E-state index >= 15 is 0 Å². The highest BCUT2D eigenvalue weighted by Crippen LogP contribution is 2.36. The first-order chi connectivity index (χ1) is 6.20. The van der Waals surface area contributed by atoms with Crippen LogP contribution in [0.1, 0.15) is 23.5 Å². The number of halogens is 1. The van der Waals surface area contributed by atoms with Crippen LogP contribution in [0.25, 0.3) is 0 Å². The summed E-state index contributed by atoms with van der Waals surface area (Å²) in [7, 11) is 0. The van der Waals surface area contributed by atoms with Crippen molar-refractivity contribution in [2.24, 2.45) is 0 Å². The maximum Gasteiger partial charge on any atom is 0.310 e. The molecule has 0 fully saturated rings. The van der Waals surface area contributed by atoms with Crippen molar-refractivity contribution in [2.45, 2.75) is 18.8 Å². The van der Waals surface area contributed by atoms with Crippen LogP contribution in [0.15, 0.2) is 22.7 Å². The number of fused-ring (bicyclic) bond motifs is 1. The lowest BCUT2D eigenvalue weighted by Gasteiger charge is -2.05. The summed E-state index contributed by atoms with van der Waals surface area (Å²) in [5.74, 6) is -1.01. The molecule has 0 radical (unpaired) electrons. The van der Waals surface area contributed by atoms with Crippen LogP contribution >= 0.6 is 15.9 Å². The molecule has 2 rings (SSSR count). The Hall–Kier alpha value is -0.830. The molecular formula is C10H9BrO2. The second-order valence-corrected chi connectivity index (χ2v) is 4.09. The van der Waals surface area contributed by atoms with Crippen molar-refractivity contribution in [1.29, 1.82) is 0 Å². The largest absolute Gasteiger partial charge is 0.481 e. The zero-order valence-corrected chi connectivity index (χ0v) is 8.54. The summed E-state index contributed by atoms with van der Waals surface area (Å²) in [5.41, 5.74) is 2.14. The summed E-state index contributed by atoms with van der Waals surface area (Å²) in [5, 5.41) is 8.94. The van der Waals surface area contributed by atoms with E-state index in [2.05, 4.69) is 15.9 Å². The summed E-state index contributed by atoms with van der Waals surface area (Å²) >= 11 is 3.43. The van der Waals surface area contributed by atoms with Gasteiger partial charge >= 0.3 is 5.97 Å². The minimum atomic E-state index is -0.711. The second-order valence-electron chi connectivity index (χ2n) is 3.24. The SMILES string of the molecule is O=C(O)C1CCc2c(Br)cccc21. The van der Waals surface area contributed by atoms with E-state index in [1.165, 1.54) is 0 Å². The van der Waals surface area contributed by atoms with Gasteiger partial charge in [-0.05, 0) is 30.0 Å². The first-order valence-corrected chi connectivity index (χ1v) is 4.99. The molecule has 1 N–H and O–H groups in total. The molecule has 13 heavy (non-hydrogen) atoms. The van der Waals surface area contributed by atoms with E-state index in [1.807, 2.05) is 18.2 Å². The number of benzene rings is 1. The molecule has 1 aliphatic rings. The molecule has 1 aromatic rings. The van der Waals surface area contributed by atoms with E-state index in [0.717, 1.165) is 28.4 Å². The van der Waals surface area contributed by atoms with E-state index in [-0.39, 0.29) is 5.92 Å². The van der Waals surface area contributed by atoms with Gasteiger partial charge in [0.1, 0.15) is 0 Å². The number of carbonyl (C=O) groups is 1. The van der Waals surface area contributed by atoms with Gasteiger partial charge in [-0.3, -0.25) is 4.79 Å². The molecule has 1 aromatic carbocycles. The van der Waals surface area contributed by atoms with Crippen LogP contribution in [0.3, 0.4) is 0 Å². The van der Waals surface area contributed by atoms with Crippen LogP contribution in [0.2, 0.25) is 0 Å². The predicted molar refractivity (Wildman–Crippen MR) is 52.8 cm³/mol. The average Bonchev–Trinajstić information content (AvgIpc) is 2.48. The molecule has 0 aliphatic heterocycles. The van der Waals surface area contributed by atoms with E-state index < -0.39 is 5.97 Å². The lowest BCUT2D eigenvalue weighted by atomic mass is 10.0. The third kappa shape index (κ3) is 1.37. The zero-order chi connectivity index (χ0) is 9.42. The van der Waals surface area contributed by atoms with Gasteiger partial charge < -0.3 is 5.11 Å². The summed E-state index contributed by atoms with van der Waals surface area (Å²) in [6.45, 7) is 0. The van der Waals surface area contributed by atoms with Crippen LogP contribution in [-0.4, -0.2) is 11.1 Å². The Morgan fingerprint density at radius 3 is 3.00 bits per heavy atom. The molecule has 0 saturated heterocycles. The van der Waals surface area contributed by atoms with Crippen LogP contribution in [-0.2, 0) is 11.2 Å². The molecule has 1 unspecified atom stereocenters. The lowest BCUT2D eigenvalue weighted by molar-refractivity contribution is -0.138. The van der Waals surface area contributed by atoms with E-state index in [0.29, 0.717) is 0 Å². The highest BCUT2D eigenvalue weighted by atomic mass is 79.9. The molecule has 0 saturated carbocycles. The Morgan fingerprint density at radius 2 is 2.31 bits per heavy atom. The molecule has 0 heterocycles. The first kappa shape index (κ1) is 8.75. The molecule has 0 bridgehead atoms. The monoisotopic (exact) mass is 240 g/mol. The molecule has 1 atom stereocenters. The molecule has 0 amide bonds. The zero-order valence-electron chi connectivity index (χ0n) is 6.96. The van der Waals surface area contributed by atoms with Crippen molar-refractivity contribution in [3.63, 3.8) is 0 Å². The molecule has 1 aliphatic carbocycles. The minimum absolute atomic E-state index is 0.299. The Bertz CT molecular complexity index is 360. The number of rotatable bonds is 1. The van der Waals surface area contributed by atoms with Crippen molar-refractivity contribution >= 4 is 21.9 Å². The van der Waals surface area contributed by atoms with Gasteiger partial charge in [0, 0.05) is 4.47 Å². The Kier molecular flexibility index (Phi) is 2.12. The van der Waals surface area contributed by atoms with Gasteiger partial charge in [-0.2, -0.15) is 0 Å². The number of carboxylic acids is 1. The first-order valence-electron chi connectivity index (χ1n) is 4.20. The fourth-order valence-corrected chi connectivity index (χ4v) is 2.45. The van der Waals surface area contributed by atoms with E-state index in [1.54, 1.807) is 0 Å². The van der Waals surface area contributed by atoms with E-state index in [9.17, 15) is 4.79 Å². The second kappa shape index (κ2) is 3.14. The van der Waals surface area contributed by atoms with Gasteiger partial charge in [-0.15, -0.1) is 0 Å². The van der Waals surface area contributed by atoms with Crippen molar-refractivity contribution in [2.75, 3.05) is 0 Å². The summed E-state index contributed by atoms with van der Waals surface area (Å²) < 4.78 is 1.04. The van der Waals surface area contributed by atoms with Crippen LogP contribution in [0, 0.1) is 0 Å². The molecule has 2 nitrogen and oxygen atoms in total. The highest BCUT2D eigenvalue weighted by molar-refractivity contribution is 9.10. The van der Waals surface area contributed by atoms with Crippen molar-refractivity contribution in [3.8, 4) is 0 Å². The summed E-state index contributed by atoms with van der Waals surface area (Å²) in [4.78, 5) is 10.9. The molecular weight excluding hydrogens is 232 g/mol. The third-order valence-corrected chi connectivity index (χ3v) is 3.25. The minimum Gasteiger partial charge on any atom is -0.481 e. The molecule has 0 aromatic heterocycles. The maximum atomic E-state index is 10.9. The standard InChI is InChI=1S/C10H9BrO2/c11-9-3-1-2-6-7(9)4-5-8(6)10(12)13/h1-3,8H,4-5H2,(H,12,13). The molecule has 68 valence electrons. The average molecular weight is 241 g/mol. The van der Waals surface area contributed by atoms with Crippen LogP contribution < -0.4 is 0 Å². The molecule has 0 spiro atoms. The van der Waals surface area contributed by atoms with Crippen LogP contribution in [0.4, 0.5) is 0 Å². The van der Waals surface area contributed by atoms with Gasteiger partial charge in [0.05, 0.1) is 5.92 Å². The fourth-order valence-electron chi connectivity index (χ4n) is 1.87. The van der Waals surface area contributed by atoms with Crippen molar-refractivity contribution < 1.29 is 9.90 Å². The molecule has 3 heteroatoms. The van der Waals surface area contributed by atoms with Crippen molar-refractivity contribution in [1.82, 2.24) is 0 Å². The summed E-state index contributed by atoms with van der Waals surface area (Å²) in [6, 6.07) is 5.76. The van der Waals surface area contributed by atoms with E-state index in [4.69, 9.17) is 5.11 Å². The number of hydrogen-bond donors (Lipinski definition) is 1. The highest BCUT2D eigenvalue weighted by Gasteiger charge is 2.28. The summed E-state index contributed by atoms with van der Waals surface area (Å²) in [6.07, 6.45) is 1.60. The Labute approximate surface area is 84.7 Å².